The Bertz CT molecular complexity index is 794. The van der Waals surface area contributed by atoms with Gasteiger partial charge in [-0.25, -0.2) is 9.59 Å². The zero-order valence-electron chi connectivity index (χ0n) is 15.4. The topological polar surface area (TPSA) is 66.8 Å². The van der Waals surface area contributed by atoms with Crippen molar-refractivity contribution in [1.82, 2.24) is 4.90 Å². The third-order valence-corrected chi connectivity index (χ3v) is 4.23. The molecule has 1 N–H and O–H groups in total. The van der Waals surface area contributed by atoms with Gasteiger partial charge in [0.25, 0.3) is 0 Å². The quantitative estimate of drug-likeness (QED) is 0.908. The Hall–Kier alpha value is -2.56. The predicted octanol–water partition coefficient (Wildman–Crippen LogP) is 4.09. The molecular formula is C20H25NO4. The molecule has 134 valence electrons. The summed E-state index contributed by atoms with van der Waals surface area (Å²) in [5, 5.41) is 11.9. The molecule has 5 heteroatoms. The van der Waals surface area contributed by atoms with E-state index >= 15 is 0 Å². The fraction of sp³-hybridized carbons (Fsp3) is 0.400. The smallest absolute Gasteiger partial charge is 0.410 e. The summed E-state index contributed by atoms with van der Waals surface area (Å²) in [5.74, 6) is -1.07. The van der Waals surface area contributed by atoms with Crippen LogP contribution in [0.3, 0.4) is 0 Å². The molecule has 0 unspecified atom stereocenters. The molecule has 0 aliphatic rings. The lowest BCUT2D eigenvalue weighted by atomic mass is 9.90. The Morgan fingerprint density at radius 2 is 1.64 bits per heavy atom. The van der Waals surface area contributed by atoms with Crippen LogP contribution in [-0.4, -0.2) is 40.3 Å². The van der Waals surface area contributed by atoms with Crippen LogP contribution in [0.15, 0.2) is 42.5 Å². The van der Waals surface area contributed by atoms with E-state index in [-0.39, 0.29) is 6.42 Å². The standard InChI is InChI=1S/C20H25NO4/c1-19(2,3)25-18(24)21(5)20(4,17(22)23)13-14-10-11-15-8-6-7-9-16(15)12-14/h6-12H,13H2,1-5H3,(H,22,23)/t20-/m1/s1. The van der Waals surface area contributed by atoms with Gasteiger partial charge >= 0.3 is 12.1 Å². The van der Waals surface area contributed by atoms with Gasteiger partial charge in [0.1, 0.15) is 11.1 Å². The highest BCUT2D eigenvalue weighted by Crippen LogP contribution is 2.25. The molecule has 0 heterocycles. The first kappa shape index (κ1) is 18.8. The van der Waals surface area contributed by atoms with Gasteiger partial charge in [0, 0.05) is 13.5 Å². The highest BCUT2D eigenvalue weighted by Gasteiger charge is 2.42. The second kappa shape index (κ2) is 6.75. The highest BCUT2D eigenvalue weighted by molar-refractivity contribution is 5.86. The van der Waals surface area contributed by atoms with Crippen molar-refractivity contribution >= 4 is 22.8 Å². The van der Waals surface area contributed by atoms with Crippen LogP contribution >= 0.6 is 0 Å². The van der Waals surface area contributed by atoms with Crippen molar-refractivity contribution < 1.29 is 19.4 Å². The molecule has 0 bridgehead atoms. The number of aliphatic carboxylic acids is 1. The number of hydrogen-bond acceptors (Lipinski definition) is 3. The van der Waals surface area contributed by atoms with E-state index in [2.05, 4.69) is 0 Å². The second-order valence-corrected chi connectivity index (χ2v) is 7.48. The molecule has 1 amide bonds. The summed E-state index contributed by atoms with van der Waals surface area (Å²) >= 11 is 0. The van der Waals surface area contributed by atoms with Crippen LogP contribution in [0.25, 0.3) is 10.8 Å². The Balaban J connectivity index is 2.31. The van der Waals surface area contributed by atoms with Crippen LogP contribution in [0.4, 0.5) is 4.79 Å². The second-order valence-electron chi connectivity index (χ2n) is 7.48. The van der Waals surface area contributed by atoms with Gasteiger partial charge in [0.05, 0.1) is 0 Å². The number of likely N-dealkylation sites (N-methyl/N-ethyl adjacent to an activating group) is 1. The molecule has 0 spiro atoms. The summed E-state index contributed by atoms with van der Waals surface area (Å²) < 4.78 is 5.33. The Kier molecular flexibility index (Phi) is 5.07. The minimum absolute atomic E-state index is 0.183. The maximum Gasteiger partial charge on any atom is 0.410 e. The third kappa shape index (κ3) is 4.29. The van der Waals surface area contributed by atoms with E-state index in [1.807, 2.05) is 42.5 Å². The Labute approximate surface area is 148 Å². The molecule has 0 aliphatic heterocycles. The first-order valence-electron chi connectivity index (χ1n) is 8.21. The molecule has 2 aromatic carbocycles. The lowest BCUT2D eigenvalue weighted by molar-refractivity contribution is -0.149. The van der Waals surface area contributed by atoms with Crippen molar-refractivity contribution in [3.05, 3.63) is 48.0 Å². The van der Waals surface area contributed by atoms with E-state index in [1.54, 1.807) is 20.8 Å². The first-order chi connectivity index (χ1) is 11.5. The third-order valence-electron chi connectivity index (χ3n) is 4.23. The molecule has 0 saturated carbocycles. The number of carboxylic acids is 1. The van der Waals surface area contributed by atoms with Gasteiger partial charge in [-0.3, -0.25) is 4.90 Å². The Morgan fingerprint density at radius 3 is 2.20 bits per heavy atom. The highest BCUT2D eigenvalue weighted by atomic mass is 16.6. The number of carbonyl (C=O) groups excluding carboxylic acids is 1. The van der Waals surface area contributed by atoms with Crippen LogP contribution in [0.1, 0.15) is 33.3 Å². The summed E-state index contributed by atoms with van der Waals surface area (Å²) in [6, 6.07) is 13.7. The van der Waals surface area contributed by atoms with Crippen molar-refractivity contribution in [2.45, 2.75) is 45.3 Å². The fourth-order valence-electron chi connectivity index (χ4n) is 2.62. The SMILES string of the molecule is CN(C(=O)OC(C)(C)C)[C@](C)(Cc1ccc2ccccc2c1)C(=O)O. The zero-order chi connectivity index (χ0) is 18.8. The fourth-order valence-corrected chi connectivity index (χ4v) is 2.62. The summed E-state index contributed by atoms with van der Waals surface area (Å²) in [7, 11) is 1.46. The van der Waals surface area contributed by atoms with Crippen LogP contribution in [0.5, 0.6) is 0 Å². The van der Waals surface area contributed by atoms with Crippen molar-refractivity contribution in [2.24, 2.45) is 0 Å². The van der Waals surface area contributed by atoms with Crippen LogP contribution in [0, 0.1) is 0 Å². The number of nitrogens with zero attached hydrogens (tertiary/aromatic N) is 1. The number of hydrogen-bond donors (Lipinski definition) is 1. The molecule has 5 nitrogen and oxygen atoms in total. The molecule has 0 fully saturated rings. The number of rotatable bonds is 4. The first-order valence-corrected chi connectivity index (χ1v) is 8.21. The molecule has 1 atom stereocenters. The molecular weight excluding hydrogens is 318 g/mol. The Morgan fingerprint density at radius 1 is 1.04 bits per heavy atom. The van der Waals surface area contributed by atoms with Crippen LogP contribution in [0.2, 0.25) is 0 Å². The normalized spacial score (nSPS) is 14.0. The van der Waals surface area contributed by atoms with Gasteiger partial charge in [0.15, 0.2) is 0 Å². The van der Waals surface area contributed by atoms with E-state index in [0.29, 0.717) is 0 Å². The number of fused-ring (bicyclic) bond motifs is 1. The summed E-state index contributed by atoms with van der Waals surface area (Å²) in [5.41, 5.74) is -1.25. The van der Waals surface area contributed by atoms with Gasteiger partial charge in [-0.1, -0.05) is 42.5 Å². The van der Waals surface area contributed by atoms with Gasteiger partial charge in [0.2, 0.25) is 0 Å². The van der Waals surface area contributed by atoms with Gasteiger partial charge in [-0.05, 0) is 44.0 Å². The minimum Gasteiger partial charge on any atom is -0.479 e. The van der Waals surface area contributed by atoms with E-state index < -0.39 is 23.2 Å². The monoisotopic (exact) mass is 343 g/mol. The molecule has 0 aliphatic carbocycles. The summed E-state index contributed by atoms with van der Waals surface area (Å²) in [6.45, 7) is 6.79. The van der Waals surface area contributed by atoms with Crippen LogP contribution < -0.4 is 0 Å². The van der Waals surface area contributed by atoms with E-state index in [1.165, 1.54) is 14.0 Å². The maximum absolute atomic E-state index is 12.4. The maximum atomic E-state index is 12.4. The van der Waals surface area contributed by atoms with Crippen LogP contribution in [-0.2, 0) is 16.0 Å². The molecule has 2 aromatic rings. The molecule has 0 saturated heterocycles. The summed E-state index contributed by atoms with van der Waals surface area (Å²) in [6.07, 6.45) is -0.471. The number of ether oxygens (including phenoxy) is 1. The minimum atomic E-state index is -1.41. The number of carbonyl (C=O) groups is 2. The summed E-state index contributed by atoms with van der Waals surface area (Å²) in [4.78, 5) is 25.5. The molecule has 0 aromatic heterocycles. The van der Waals surface area contributed by atoms with E-state index in [0.717, 1.165) is 21.2 Å². The van der Waals surface area contributed by atoms with Gasteiger partial charge in [-0.2, -0.15) is 0 Å². The van der Waals surface area contributed by atoms with E-state index in [9.17, 15) is 14.7 Å². The lowest BCUT2D eigenvalue weighted by Crippen LogP contribution is -2.55. The van der Waals surface area contributed by atoms with Gasteiger partial charge < -0.3 is 9.84 Å². The lowest BCUT2D eigenvalue weighted by Gasteiger charge is -2.36. The molecule has 25 heavy (non-hydrogen) atoms. The van der Waals surface area contributed by atoms with Crippen molar-refractivity contribution in [3.8, 4) is 0 Å². The molecule has 0 radical (unpaired) electrons. The largest absolute Gasteiger partial charge is 0.479 e. The van der Waals surface area contributed by atoms with Crippen molar-refractivity contribution in [2.75, 3.05) is 7.05 Å². The van der Waals surface area contributed by atoms with Gasteiger partial charge in [-0.15, -0.1) is 0 Å². The van der Waals surface area contributed by atoms with Crippen molar-refractivity contribution in [1.29, 1.82) is 0 Å². The number of carboxylic acid groups (broad SMARTS) is 1. The van der Waals surface area contributed by atoms with E-state index in [4.69, 9.17) is 4.74 Å². The van der Waals surface area contributed by atoms with Crippen molar-refractivity contribution in [3.63, 3.8) is 0 Å². The average Bonchev–Trinajstić information content (AvgIpc) is 2.52. The predicted molar refractivity (Wildman–Crippen MR) is 97.7 cm³/mol. The number of amides is 1. The number of benzene rings is 2. The zero-order valence-corrected chi connectivity index (χ0v) is 15.4. The average molecular weight is 343 g/mol. The molecule has 2 rings (SSSR count).